The molecule has 116 valence electrons. The Morgan fingerprint density at radius 2 is 1.62 bits per heavy atom. The van der Waals surface area contributed by atoms with Gasteiger partial charge in [0.1, 0.15) is 0 Å². The molecule has 1 aliphatic heterocycles. The predicted molar refractivity (Wildman–Crippen MR) is 85.7 cm³/mol. The summed E-state index contributed by atoms with van der Waals surface area (Å²) >= 11 is 6.09. The van der Waals surface area contributed by atoms with Crippen LogP contribution in [0, 0.1) is 0 Å². The van der Waals surface area contributed by atoms with Crippen molar-refractivity contribution in [3.8, 4) is 0 Å². The van der Waals surface area contributed by atoms with Crippen molar-refractivity contribution in [3.05, 3.63) is 28.8 Å². The van der Waals surface area contributed by atoms with E-state index < -0.39 is 28.2 Å². The zero-order valence-electron chi connectivity index (χ0n) is 12.9. The molecule has 1 aromatic rings. The largest absolute Gasteiger partial charge is 0.494 e. The van der Waals surface area contributed by atoms with Gasteiger partial charge in [-0.1, -0.05) is 17.7 Å². The van der Waals surface area contributed by atoms with Gasteiger partial charge in [0.15, 0.2) is 9.84 Å². The van der Waals surface area contributed by atoms with Crippen molar-refractivity contribution in [2.45, 2.75) is 44.6 Å². The zero-order chi connectivity index (χ0) is 16.1. The average molecular weight is 331 g/mol. The Morgan fingerprint density at radius 3 is 2.10 bits per heavy atom. The maximum atomic E-state index is 11.4. The van der Waals surface area contributed by atoms with Crippen LogP contribution in [0.3, 0.4) is 0 Å². The molecule has 1 saturated heterocycles. The van der Waals surface area contributed by atoms with E-state index in [1.54, 1.807) is 18.2 Å². The van der Waals surface area contributed by atoms with E-state index >= 15 is 0 Å². The highest BCUT2D eigenvalue weighted by atomic mass is 35.5. The van der Waals surface area contributed by atoms with Gasteiger partial charge < -0.3 is 9.31 Å². The molecule has 0 aromatic heterocycles. The Labute approximate surface area is 131 Å². The van der Waals surface area contributed by atoms with Gasteiger partial charge in [-0.25, -0.2) is 8.42 Å². The van der Waals surface area contributed by atoms with Crippen LogP contribution in [0.1, 0.15) is 33.3 Å². The van der Waals surface area contributed by atoms with Crippen LogP contribution in [-0.4, -0.2) is 33.0 Å². The van der Waals surface area contributed by atoms with Crippen molar-refractivity contribution in [1.29, 1.82) is 0 Å². The first-order valence-electron chi connectivity index (χ1n) is 6.72. The maximum absolute atomic E-state index is 11.4. The van der Waals surface area contributed by atoms with Crippen molar-refractivity contribution in [2.75, 3.05) is 6.26 Å². The van der Waals surface area contributed by atoms with E-state index in [2.05, 4.69) is 0 Å². The summed E-state index contributed by atoms with van der Waals surface area (Å²) in [5, 5.41) is 0.473. The molecule has 1 aliphatic rings. The first-order chi connectivity index (χ1) is 9.40. The fourth-order valence-electron chi connectivity index (χ4n) is 2.18. The Morgan fingerprint density at radius 1 is 1.10 bits per heavy atom. The Hall–Kier alpha value is -0.555. The highest BCUT2D eigenvalue weighted by Gasteiger charge is 2.51. The van der Waals surface area contributed by atoms with Gasteiger partial charge in [0, 0.05) is 11.3 Å². The molecule has 4 nitrogen and oxygen atoms in total. The number of hydrogen-bond donors (Lipinski definition) is 0. The molecule has 0 aliphatic carbocycles. The molecule has 2 rings (SSSR count). The van der Waals surface area contributed by atoms with Gasteiger partial charge in [-0.05, 0) is 50.9 Å². The Kier molecular flexibility index (Phi) is 4.21. The molecule has 0 spiro atoms. The third-order valence-corrected chi connectivity index (χ3v) is 5.01. The van der Waals surface area contributed by atoms with Crippen molar-refractivity contribution in [3.63, 3.8) is 0 Å². The van der Waals surface area contributed by atoms with E-state index in [9.17, 15) is 8.42 Å². The van der Waals surface area contributed by atoms with E-state index in [1.807, 2.05) is 27.7 Å². The van der Waals surface area contributed by atoms with E-state index in [1.165, 1.54) is 6.26 Å². The molecule has 1 heterocycles. The molecule has 0 N–H and O–H groups in total. The monoisotopic (exact) mass is 330 g/mol. The molecule has 0 atom stereocenters. The highest BCUT2D eigenvalue weighted by Crippen LogP contribution is 2.36. The molecular weight excluding hydrogens is 310 g/mol. The van der Waals surface area contributed by atoms with Gasteiger partial charge in [0.05, 0.1) is 17.0 Å². The van der Waals surface area contributed by atoms with Crippen LogP contribution in [0.5, 0.6) is 0 Å². The minimum Gasteiger partial charge on any atom is -0.399 e. The smallest absolute Gasteiger partial charge is 0.399 e. The van der Waals surface area contributed by atoms with Crippen molar-refractivity contribution in [2.24, 2.45) is 0 Å². The predicted octanol–water partition coefficient (Wildman–Crippen LogP) is 2.18. The second kappa shape index (κ2) is 5.27. The molecule has 7 heteroatoms. The van der Waals surface area contributed by atoms with Crippen LogP contribution in [0.15, 0.2) is 18.2 Å². The van der Waals surface area contributed by atoms with Gasteiger partial charge in [-0.15, -0.1) is 0 Å². The minimum absolute atomic E-state index is 0.0555. The number of sulfone groups is 1. The van der Waals surface area contributed by atoms with Crippen molar-refractivity contribution in [1.82, 2.24) is 0 Å². The van der Waals surface area contributed by atoms with Gasteiger partial charge in [-0.2, -0.15) is 0 Å². The van der Waals surface area contributed by atoms with Crippen LogP contribution in [0.2, 0.25) is 5.02 Å². The summed E-state index contributed by atoms with van der Waals surface area (Å²) in [4.78, 5) is 0. The lowest BCUT2D eigenvalue weighted by Gasteiger charge is -2.32. The number of halogens is 1. The molecular formula is C14H20BClO4S. The van der Waals surface area contributed by atoms with Crippen molar-refractivity contribution < 1.29 is 17.7 Å². The molecule has 0 saturated carbocycles. The molecule has 1 fully saturated rings. The van der Waals surface area contributed by atoms with E-state index in [4.69, 9.17) is 20.9 Å². The second-order valence-electron chi connectivity index (χ2n) is 6.55. The normalized spacial score (nSPS) is 20.8. The summed E-state index contributed by atoms with van der Waals surface area (Å²) in [5.41, 5.74) is 0.475. The standard InChI is InChI=1S/C14H20BClO4S/c1-13(2)14(3,4)20-15(19-13)11-6-10(7-12(16)8-11)9-21(5,17)18/h6-8H,9H2,1-5H3. The molecule has 0 amide bonds. The zero-order valence-corrected chi connectivity index (χ0v) is 14.5. The third kappa shape index (κ3) is 3.80. The summed E-state index contributed by atoms with van der Waals surface area (Å²) in [6.45, 7) is 7.87. The van der Waals surface area contributed by atoms with Crippen LogP contribution in [0.25, 0.3) is 0 Å². The molecule has 0 radical (unpaired) electrons. The van der Waals surface area contributed by atoms with E-state index in [0.717, 1.165) is 5.46 Å². The maximum Gasteiger partial charge on any atom is 0.494 e. The van der Waals surface area contributed by atoms with Crippen LogP contribution >= 0.6 is 11.6 Å². The Bertz CT molecular complexity index is 639. The van der Waals surface area contributed by atoms with Crippen LogP contribution in [0.4, 0.5) is 0 Å². The van der Waals surface area contributed by atoms with Gasteiger partial charge in [-0.3, -0.25) is 0 Å². The third-order valence-electron chi connectivity index (χ3n) is 3.93. The summed E-state index contributed by atoms with van der Waals surface area (Å²) < 4.78 is 34.8. The molecule has 0 unspecified atom stereocenters. The minimum atomic E-state index is -3.12. The molecule has 21 heavy (non-hydrogen) atoms. The van der Waals surface area contributed by atoms with Gasteiger partial charge in [0.2, 0.25) is 0 Å². The number of rotatable bonds is 3. The average Bonchev–Trinajstić information content (AvgIpc) is 2.44. The topological polar surface area (TPSA) is 52.6 Å². The second-order valence-corrected chi connectivity index (χ2v) is 9.13. The number of benzene rings is 1. The first kappa shape index (κ1) is 16.8. The van der Waals surface area contributed by atoms with Crippen LogP contribution in [-0.2, 0) is 24.9 Å². The lowest BCUT2D eigenvalue weighted by Crippen LogP contribution is -2.41. The van der Waals surface area contributed by atoms with Gasteiger partial charge in [0.25, 0.3) is 0 Å². The molecule has 0 bridgehead atoms. The highest BCUT2D eigenvalue weighted by molar-refractivity contribution is 7.89. The van der Waals surface area contributed by atoms with Crippen molar-refractivity contribution >= 4 is 34.0 Å². The summed E-state index contributed by atoms with van der Waals surface area (Å²) in [6, 6.07) is 5.17. The number of hydrogen-bond acceptors (Lipinski definition) is 4. The summed E-state index contributed by atoms with van der Waals surface area (Å²) in [7, 11) is -3.67. The fourth-order valence-corrected chi connectivity index (χ4v) is 3.22. The van der Waals surface area contributed by atoms with Crippen LogP contribution < -0.4 is 5.46 Å². The fraction of sp³-hybridized carbons (Fsp3) is 0.571. The molecule has 1 aromatic carbocycles. The van der Waals surface area contributed by atoms with E-state index in [-0.39, 0.29) is 5.75 Å². The van der Waals surface area contributed by atoms with E-state index in [0.29, 0.717) is 10.6 Å². The lowest BCUT2D eigenvalue weighted by molar-refractivity contribution is 0.00578. The summed E-state index contributed by atoms with van der Waals surface area (Å²) in [6.07, 6.45) is 1.20. The Balaban J connectivity index is 2.34. The lowest BCUT2D eigenvalue weighted by atomic mass is 9.78. The quantitative estimate of drug-likeness (QED) is 0.797. The summed E-state index contributed by atoms with van der Waals surface area (Å²) in [5.74, 6) is -0.0555. The first-order valence-corrected chi connectivity index (χ1v) is 9.16. The van der Waals surface area contributed by atoms with Gasteiger partial charge >= 0.3 is 7.12 Å². The SMILES string of the molecule is CC1(C)OB(c2cc(Cl)cc(CS(C)(=O)=O)c2)OC1(C)C.